The van der Waals surface area contributed by atoms with Crippen molar-refractivity contribution in [2.75, 3.05) is 18.1 Å². The molecule has 6 nitrogen and oxygen atoms in total. The van der Waals surface area contributed by atoms with Crippen LogP contribution in [0.25, 0.3) is 10.9 Å². The molecule has 30 heavy (non-hydrogen) atoms. The fourth-order valence-corrected chi connectivity index (χ4v) is 4.09. The van der Waals surface area contributed by atoms with Crippen LogP contribution in [0.15, 0.2) is 42.5 Å². The predicted molar refractivity (Wildman–Crippen MR) is 118 cm³/mol. The van der Waals surface area contributed by atoms with Crippen molar-refractivity contribution in [3.8, 4) is 5.75 Å². The van der Waals surface area contributed by atoms with Crippen molar-refractivity contribution >= 4 is 28.4 Å². The number of benzene rings is 2. The van der Waals surface area contributed by atoms with Gasteiger partial charge in [0.15, 0.2) is 0 Å². The normalized spacial score (nSPS) is 13.8. The van der Waals surface area contributed by atoms with Gasteiger partial charge in [-0.05, 0) is 50.1 Å². The summed E-state index contributed by atoms with van der Waals surface area (Å²) in [6.45, 7) is 5.63. The molecular weight excluding hydrogens is 378 g/mol. The number of ether oxygens (including phenoxy) is 1. The Kier molecular flexibility index (Phi) is 5.48. The average Bonchev–Trinajstić information content (AvgIpc) is 3.27. The van der Waals surface area contributed by atoms with Gasteiger partial charge in [0.05, 0.1) is 17.8 Å². The Hall–Kier alpha value is -3.28. The molecule has 0 aliphatic carbocycles. The van der Waals surface area contributed by atoms with Crippen LogP contribution in [0.4, 0.5) is 5.69 Å². The SMILES string of the molecule is CCOc1ccc(CNC(=O)c2c(N3CCCC3=O)c3cc(C)ccc3n2C)cc1. The number of carbonyl (C=O) groups is 2. The van der Waals surface area contributed by atoms with Gasteiger partial charge in [0, 0.05) is 31.9 Å². The summed E-state index contributed by atoms with van der Waals surface area (Å²) in [6.07, 6.45) is 1.34. The molecule has 1 aliphatic heterocycles. The van der Waals surface area contributed by atoms with Crippen LogP contribution in [0.5, 0.6) is 5.75 Å². The number of nitrogens with zero attached hydrogens (tertiary/aromatic N) is 2. The Morgan fingerprint density at radius 2 is 1.93 bits per heavy atom. The lowest BCUT2D eigenvalue weighted by molar-refractivity contribution is -0.117. The van der Waals surface area contributed by atoms with Gasteiger partial charge in [-0.3, -0.25) is 9.59 Å². The molecule has 3 aromatic rings. The van der Waals surface area contributed by atoms with Gasteiger partial charge in [-0.25, -0.2) is 0 Å². The Bertz CT molecular complexity index is 1100. The van der Waals surface area contributed by atoms with E-state index in [9.17, 15) is 9.59 Å². The number of aromatic nitrogens is 1. The van der Waals surface area contributed by atoms with E-state index in [2.05, 4.69) is 11.4 Å². The molecule has 0 atom stereocenters. The number of rotatable bonds is 6. The predicted octanol–water partition coefficient (Wildman–Crippen LogP) is 3.94. The quantitative estimate of drug-likeness (QED) is 0.676. The number of anilines is 1. The molecule has 4 rings (SSSR count). The lowest BCUT2D eigenvalue weighted by atomic mass is 10.1. The maximum Gasteiger partial charge on any atom is 0.270 e. The van der Waals surface area contributed by atoms with E-state index in [0.717, 1.165) is 39.9 Å². The molecule has 2 amide bonds. The smallest absolute Gasteiger partial charge is 0.270 e. The molecule has 0 unspecified atom stereocenters. The number of amides is 2. The zero-order chi connectivity index (χ0) is 21.3. The summed E-state index contributed by atoms with van der Waals surface area (Å²) in [5.74, 6) is 0.700. The molecule has 0 saturated carbocycles. The van der Waals surface area contributed by atoms with Gasteiger partial charge in [-0.1, -0.05) is 23.8 Å². The van der Waals surface area contributed by atoms with E-state index in [0.29, 0.717) is 31.8 Å². The third-order valence-corrected chi connectivity index (χ3v) is 5.57. The van der Waals surface area contributed by atoms with Crippen LogP contribution < -0.4 is 15.0 Å². The molecule has 0 spiro atoms. The van der Waals surface area contributed by atoms with Crippen LogP contribution in [0, 0.1) is 6.92 Å². The molecule has 1 aromatic heterocycles. The van der Waals surface area contributed by atoms with Crippen molar-refractivity contribution in [2.45, 2.75) is 33.2 Å². The molecule has 1 N–H and O–H groups in total. The summed E-state index contributed by atoms with van der Waals surface area (Å²) in [5, 5.41) is 3.97. The van der Waals surface area contributed by atoms with E-state index in [1.54, 1.807) is 4.90 Å². The zero-order valence-corrected chi connectivity index (χ0v) is 17.7. The summed E-state index contributed by atoms with van der Waals surface area (Å²) in [7, 11) is 1.88. The molecule has 1 aliphatic rings. The van der Waals surface area contributed by atoms with Gasteiger partial charge in [0.1, 0.15) is 11.4 Å². The molecular formula is C24H27N3O3. The topological polar surface area (TPSA) is 63.6 Å². The van der Waals surface area contributed by atoms with E-state index in [1.165, 1.54) is 0 Å². The number of hydrogen-bond acceptors (Lipinski definition) is 3. The molecule has 156 valence electrons. The van der Waals surface area contributed by atoms with Crippen LogP contribution in [0.1, 0.15) is 41.4 Å². The van der Waals surface area contributed by atoms with Gasteiger partial charge in [0.25, 0.3) is 5.91 Å². The molecule has 2 heterocycles. The van der Waals surface area contributed by atoms with Crippen molar-refractivity contribution in [1.82, 2.24) is 9.88 Å². The van der Waals surface area contributed by atoms with E-state index in [4.69, 9.17) is 4.74 Å². The number of nitrogens with one attached hydrogen (secondary N) is 1. The first-order valence-electron chi connectivity index (χ1n) is 10.4. The maximum absolute atomic E-state index is 13.3. The van der Waals surface area contributed by atoms with Gasteiger partial charge < -0.3 is 19.5 Å². The van der Waals surface area contributed by atoms with Crippen molar-refractivity contribution in [2.24, 2.45) is 7.05 Å². The summed E-state index contributed by atoms with van der Waals surface area (Å²) in [5.41, 5.74) is 4.28. The fraction of sp³-hybridized carbons (Fsp3) is 0.333. The molecule has 0 bridgehead atoms. The summed E-state index contributed by atoms with van der Waals surface area (Å²) in [4.78, 5) is 27.5. The van der Waals surface area contributed by atoms with Gasteiger partial charge in [-0.2, -0.15) is 0 Å². The van der Waals surface area contributed by atoms with Crippen molar-refractivity contribution in [1.29, 1.82) is 0 Å². The highest BCUT2D eigenvalue weighted by Crippen LogP contribution is 2.36. The first-order chi connectivity index (χ1) is 14.5. The Balaban J connectivity index is 1.66. The number of aryl methyl sites for hydroxylation is 2. The second-order valence-corrected chi connectivity index (χ2v) is 7.69. The van der Waals surface area contributed by atoms with Crippen LogP contribution in [-0.2, 0) is 18.4 Å². The van der Waals surface area contributed by atoms with Crippen molar-refractivity contribution in [3.05, 3.63) is 59.3 Å². The highest BCUT2D eigenvalue weighted by molar-refractivity contribution is 6.14. The summed E-state index contributed by atoms with van der Waals surface area (Å²) in [6, 6.07) is 13.8. The van der Waals surface area contributed by atoms with Crippen LogP contribution in [0.3, 0.4) is 0 Å². The Morgan fingerprint density at radius 3 is 2.60 bits per heavy atom. The lowest BCUT2D eigenvalue weighted by Crippen LogP contribution is -2.30. The standard InChI is InChI=1S/C24H27N3O3/c1-4-30-18-10-8-17(9-11-18)15-25-24(29)23-22(27-13-5-6-21(27)28)19-14-16(2)7-12-20(19)26(23)3/h7-12,14H,4-6,13,15H2,1-3H3,(H,25,29). The van der Waals surface area contributed by atoms with Crippen molar-refractivity contribution in [3.63, 3.8) is 0 Å². The largest absolute Gasteiger partial charge is 0.494 e. The highest BCUT2D eigenvalue weighted by Gasteiger charge is 2.31. The summed E-state index contributed by atoms with van der Waals surface area (Å²) < 4.78 is 7.36. The van der Waals surface area contributed by atoms with Gasteiger partial charge >= 0.3 is 0 Å². The minimum Gasteiger partial charge on any atom is -0.494 e. The first kappa shape index (κ1) is 20.0. The third kappa shape index (κ3) is 3.65. The zero-order valence-electron chi connectivity index (χ0n) is 17.7. The molecule has 1 saturated heterocycles. The summed E-state index contributed by atoms with van der Waals surface area (Å²) >= 11 is 0. The first-order valence-corrected chi connectivity index (χ1v) is 10.4. The minimum absolute atomic E-state index is 0.0737. The van der Waals surface area contributed by atoms with E-state index < -0.39 is 0 Å². The van der Waals surface area contributed by atoms with E-state index >= 15 is 0 Å². The molecule has 1 fully saturated rings. The Morgan fingerprint density at radius 1 is 1.17 bits per heavy atom. The number of hydrogen-bond donors (Lipinski definition) is 1. The highest BCUT2D eigenvalue weighted by atomic mass is 16.5. The average molecular weight is 405 g/mol. The van der Waals surface area contributed by atoms with Crippen LogP contribution >= 0.6 is 0 Å². The van der Waals surface area contributed by atoms with Gasteiger partial charge in [0.2, 0.25) is 5.91 Å². The van der Waals surface area contributed by atoms with Crippen LogP contribution in [0.2, 0.25) is 0 Å². The van der Waals surface area contributed by atoms with Crippen LogP contribution in [-0.4, -0.2) is 29.5 Å². The molecule has 0 radical (unpaired) electrons. The molecule has 2 aromatic carbocycles. The maximum atomic E-state index is 13.3. The molecule has 6 heteroatoms. The second-order valence-electron chi connectivity index (χ2n) is 7.69. The van der Waals surface area contributed by atoms with E-state index in [1.807, 2.05) is 61.9 Å². The van der Waals surface area contributed by atoms with E-state index in [-0.39, 0.29) is 11.8 Å². The second kappa shape index (κ2) is 8.22. The van der Waals surface area contributed by atoms with Gasteiger partial charge in [-0.15, -0.1) is 0 Å². The third-order valence-electron chi connectivity index (χ3n) is 5.57. The minimum atomic E-state index is -0.185. The number of fused-ring (bicyclic) bond motifs is 1. The monoisotopic (exact) mass is 405 g/mol. The number of carbonyl (C=O) groups excluding carboxylic acids is 2. The Labute approximate surface area is 176 Å². The fourth-order valence-electron chi connectivity index (χ4n) is 4.09. The lowest BCUT2D eigenvalue weighted by Gasteiger charge is -2.18. The van der Waals surface area contributed by atoms with Crippen molar-refractivity contribution < 1.29 is 14.3 Å².